The zero-order valence-corrected chi connectivity index (χ0v) is 5.36. The third kappa shape index (κ3) is 4.34. The third-order valence-corrected chi connectivity index (χ3v) is 1.08. The summed E-state index contributed by atoms with van der Waals surface area (Å²) < 4.78 is 12.2. The lowest BCUT2D eigenvalue weighted by atomic mass is 10.2. The molecule has 0 aliphatic rings. The molecule has 0 heterocycles. The molecule has 0 aliphatic carbocycles. The van der Waals surface area contributed by atoms with Gasteiger partial charge < -0.3 is 5.11 Å². The minimum absolute atomic E-state index is 0.0853. The Labute approximate surface area is 53.5 Å². The van der Waals surface area contributed by atoms with Crippen molar-refractivity contribution in [3.05, 3.63) is 0 Å². The van der Waals surface area contributed by atoms with Crippen LogP contribution < -0.4 is 0 Å². The van der Waals surface area contributed by atoms with Gasteiger partial charge in [-0.25, -0.2) is 4.39 Å². The summed E-state index contributed by atoms with van der Waals surface area (Å²) in [5.74, 6) is 0.334. The van der Waals surface area contributed by atoms with Crippen molar-refractivity contribution in [2.24, 2.45) is 0 Å². The number of halogens is 2. The van der Waals surface area contributed by atoms with E-state index in [9.17, 15) is 4.39 Å². The Morgan fingerprint density at radius 1 is 1.50 bits per heavy atom. The number of aliphatic hydroxyl groups excluding tert-OH is 1. The molecule has 0 aromatic rings. The van der Waals surface area contributed by atoms with E-state index in [1.165, 1.54) is 0 Å². The van der Waals surface area contributed by atoms with Crippen molar-refractivity contribution in [1.29, 1.82) is 0 Å². The molecule has 0 fully saturated rings. The van der Waals surface area contributed by atoms with Crippen molar-refractivity contribution in [3.63, 3.8) is 0 Å². The van der Waals surface area contributed by atoms with Crippen molar-refractivity contribution in [2.45, 2.75) is 19.0 Å². The van der Waals surface area contributed by atoms with Crippen molar-refractivity contribution < 1.29 is 9.50 Å². The van der Waals surface area contributed by atoms with E-state index in [0.717, 1.165) is 0 Å². The maximum Gasteiger partial charge on any atom is 0.103 e. The van der Waals surface area contributed by atoms with E-state index in [1.807, 2.05) is 0 Å². The van der Waals surface area contributed by atoms with E-state index in [2.05, 4.69) is 0 Å². The number of rotatable bonds is 4. The molecule has 1 atom stereocenters. The molecule has 0 spiro atoms. The minimum atomic E-state index is -0.919. The smallest absolute Gasteiger partial charge is 0.103 e. The molecular formula is C5H10ClFO. The minimum Gasteiger partial charge on any atom is -0.396 e. The van der Waals surface area contributed by atoms with E-state index < -0.39 is 6.17 Å². The van der Waals surface area contributed by atoms with Crippen LogP contribution in [0.25, 0.3) is 0 Å². The molecule has 1 nitrogen and oxygen atoms in total. The molecule has 1 N–H and O–H groups in total. The van der Waals surface area contributed by atoms with Crippen molar-refractivity contribution >= 4 is 11.6 Å². The molecule has 0 aliphatic heterocycles. The lowest BCUT2D eigenvalue weighted by Gasteiger charge is -2.00. The quantitative estimate of drug-likeness (QED) is 0.585. The molecular weight excluding hydrogens is 131 g/mol. The van der Waals surface area contributed by atoms with Crippen LogP contribution in [-0.2, 0) is 0 Å². The van der Waals surface area contributed by atoms with Gasteiger partial charge in [-0.3, -0.25) is 0 Å². The Balaban J connectivity index is 2.92. The Hall–Kier alpha value is 0.180. The van der Waals surface area contributed by atoms with Crippen molar-refractivity contribution in [1.82, 2.24) is 0 Å². The van der Waals surface area contributed by atoms with Gasteiger partial charge in [-0.2, -0.15) is 0 Å². The molecule has 3 heteroatoms. The average Bonchev–Trinajstić information content (AvgIpc) is 1.68. The van der Waals surface area contributed by atoms with E-state index in [-0.39, 0.29) is 13.0 Å². The van der Waals surface area contributed by atoms with Gasteiger partial charge in [-0.05, 0) is 6.42 Å². The molecule has 50 valence electrons. The number of alkyl halides is 2. The summed E-state index contributed by atoms with van der Waals surface area (Å²) in [6.07, 6.45) is -0.355. The first-order valence-corrected chi connectivity index (χ1v) is 3.15. The highest BCUT2D eigenvalue weighted by atomic mass is 35.5. The Morgan fingerprint density at radius 3 is 2.50 bits per heavy atom. The number of aliphatic hydroxyl groups is 1. The van der Waals surface area contributed by atoms with Gasteiger partial charge >= 0.3 is 0 Å². The summed E-state index contributed by atoms with van der Waals surface area (Å²) >= 11 is 5.21. The largest absolute Gasteiger partial charge is 0.396 e. The van der Waals surface area contributed by atoms with Crippen LogP contribution in [0, 0.1) is 0 Å². The van der Waals surface area contributed by atoms with Crippen LogP contribution in [-0.4, -0.2) is 23.8 Å². The molecule has 0 bridgehead atoms. The first-order valence-electron chi connectivity index (χ1n) is 2.62. The molecule has 0 rings (SSSR count). The standard InChI is InChI=1S/C5H10ClFO/c6-3-1-5(7)2-4-8/h5,8H,1-4H2. The van der Waals surface area contributed by atoms with Gasteiger partial charge in [0, 0.05) is 18.9 Å². The van der Waals surface area contributed by atoms with E-state index >= 15 is 0 Å². The van der Waals surface area contributed by atoms with Crippen LogP contribution in [0.4, 0.5) is 4.39 Å². The molecule has 8 heavy (non-hydrogen) atoms. The molecule has 0 amide bonds. The maximum absolute atomic E-state index is 12.2. The molecule has 0 aromatic heterocycles. The van der Waals surface area contributed by atoms with Gasteiger partial charge in [0.2, 0.25) is 0 Å². The van der Waals surface area contributed by atoms with E-state index in [0.29, 0.717) is 12.3 Å². The number of hydrogen-bond donors (Lipinski definition) is 1. The highest BCUT2D eigenvalue weighted by molar-refractivity contribution is 6.17. The predicted molar refractivity (Wildman–Crippen MR) is 31.9 cm³/mol. The molecule has 0 saturated heterocycles. The normalized spacial score (nSPS) is 13.9. The van der Waals surface area contributed by atoms with Crippen LogP contribution in [0.15, 0.2) is 0 Å². The predicted octanol–water partition coefficient (Wildman–Crippen LogP) is 1.34. The Bertz CT molecular complexity index is 45.7. The molecule has 0 aromatic carbocycles. The topological polar surface area (TPSA) is 20.2 Å². The van der Waals surface area contributed by atoms with Crippen LogP contribution in [0.3, 0.4) is 0 Å². The zero-order chi connectivity index (χ0) is 6.41. The summed E-state index contributed by atoms with van der Waals surface area (Å²) in [7, 11) is 0. The highest BCUT2D eigenvalue weighted by Gasteiger charge is 2.02. The van der Waals surface area contributed by atoms with E-state index in [4.69, 9.17) is 16.7 Å². The van der Waals surface area contributed by atoms with Gasteiger partial charge in [-0.15, -0.1) is 11.6 Å². The second-order valence-corrected chi connectivity index (χ2v) is 1.97. The van der Waals surface area contributed by atoms with Crippen molar-refractivity contribution in [2.75, 3.05) is 12.5 Å². The summed E-state index contributed by atoms with van der Waals surface area (Å²) in [4.78, 5) is 0. The second-order valence-electron chi connectivity index (χ2n) is 1.59. The van der Waals surface area contributed by atoms with Crippen LogP contribution in [0.2, 0.25) is 0 Å². The summed E-state index contributed by atoms with van der Waals surface area (Å²) in [6, 6.07) is 0. The van der Waals surface area contributed by atoms with E-state index in [1.54, 1.807) is 0 Å². The fourth-order valence-electron chi connectivity index (χ4n) is 0.403. The van der Waals surface area contributed by atoms with Crippen LogP contribution >= 0.6 is 11.6 Å². The molecule has 0 saturated carbocycles. The van der Waals surface area contributed by atoms with Gasteiger partial charge in [0.25, 0.3) is 0 Å². The lowest BCUT2D eigenvalue weighted by Crippen LogP contribution is -2.02. The third-order valence-electron chi connectivity index (χ3n) is 0.865. The van der Waals surface area contributed by atoms with Crippen LogP contribution in [0.5, 0.6) is 0 Å². The first-order chi connectivity index (χ1) is 3.81. The Kier molecular flexibility index (Phi) is 5.44. The molecule has 1 unspecified atom stereocenters. The van der Waals surface area contributed by atoms with Crippen molar-refractivity contribution in [3.8, 4) is 0 Å². The first kappa shape index (κ1) is 8.18. The highest BCUT2D eigenvalue weighted by Crippen LogP contribution is 2.02. The summed E-state index contributed by atoms with van der Waals surface area (Å²) in [5.41, 5.74) is 0. The summed E-state index contributed by atoms with van der Waals surface area (Å²) in [6.45, 7) is -0.0853. The average molecular weight is 141 g/mol. The fourth-order valence-corrected chi connectivity index (χ4v) is 0.640. The van der Waals surface area contributed by atoms with Gasteiger partial charge in [0.1, 0.15) is 6.17 Å². The monoisotopic (exact) mass is 140 g/mol. The SMILES string of the molecule is OCCC(F)CCCl. The van der Waals surface area contributed by atoms with Gasteiger partial charge in [0.05, 0.1) is 0 Å². The summed E-state index contributed by atoms with van der Waals surface area (Å²) in [5, 5.41) is 8.18. The lowest BCUT2D eigenvalue weighted by molar-refractivity contribution is 0.217. The van der Waals surface area contributed by atoms with Crippen LogP contribution in [0.1, 0.15) is 12.8 Å². The molecule has 0 radical (unpaired) electrons. The number of hydrogen-bond acceptors (Lipinski definition) is 1. The van der Waals surface area contributed by atoms with Gasteiger partial charge in [0.15, 0.2) is 0 Å². The van der Waals surface area contributed by atoms with Gasteiger partial charge in [-0.1, -0.05) is 0 Å². The fraction of sp³-hybridized carbons (Fsp3) is 1.00. The zero-order valence-electron chi connectivity index (χ0n) is 4.61. The maximum atomic E-state index is 12.2. The second kappa shape index (κ2) is 5.32. The Morgan fingerprint density at radius 2 is 2.12 bits per heavy atom.